The van der Waals surface area contributed by atoms with Gasteiger partial charge in [-0.15, -0.1) is 11.3 Å². The molecule has 0 spiro atoms. The lowest BCUT2D eigenvalue weighted by molar-refractivity contribution is -0.246. The first-order chi connectivity index (χ1) is 17.6. The van der Waals surface area contributed by atoms with Crippen molar-refractivity contribution in [3.05, 3.63) is 35.7 Å². The topological polar surface area (TPSA) is 92.7 Å². The van der Waals surface area contributed by atoms with Gasteiger partial charge in [0.1, 0.15) is 18.0 Å². The smallest absolute Gasteiger partial charge is 0.427 e. The highest BCUT2D eigenvalue weighted by atomic mass is 32.2. The number of benzene rings is 1. The zero-order valence-corrected chi connectivity index (χ0v) is 22.7. The van der Waals surface area contributed by atoms with Crippen molar-refractivity contribution in [2.45, 2.75) is 49.4 Å². The lowest BCUT2D eigenvalue weighted by Crippen LogP contribution is -2.50. The van der Waals surface area contributed by atoms with Crippen LogP contribution in [0.15, 0.2) is 34.8 Å². The summed E-state index contributed by atoms with van der Waals surface area (Å²) in [5.41, 5.74) is -1.37. The van der Waals surface area contributed by atoms with Crippen molar-refractivity contribution in [2.75, 3.05) is 31.3 Å². The van der Waals surface area contributed by atoms with Gasteiger partial charge in [0.05, 0.1) is 15.1 Å². The molecule has 1 saturated heterocycles. The number of carbonyl (C=O) groups excluding carboxylic acids is 1. The van der Waals surface area contributed by atoms with Crippen LogP contribution in [0.1, 0.15) is 26.7 Å². The second-order valence-corrected chi connectivity index (χ2v) is 12.5. The predicted molar refractivity (Wildman–Crippen MR) is 136 cm³/mol. The number of ether oxygens (including phenoxy) is 1. The Morgan fingerprint density at radius 1 is 1.16 bits per heavy atom. The minimum atomic E-state index is -4.68. The lowest BCUT2D eigenvalue weighted by Gasteiger charge is -2.38. The van der Waals surface area contributed by atoms with Crippen molar-refractivity contribution in [2.24, 2.45) is 0 Å². The van der Waals surface area contributed by atoms with Crippen LogP contribution in [0.5, 0.6) is 0 Å². The molecule has 8 nitrogen and oxygen atoms in total. The van der Waals surface area contributed by atoms with Crippen molar-refractivity contribution in [3.63, 3.8) is 0 Å². The molecular weight excluding hydrogens is 548 g/mol. The minimum Gasteiger partial charge on any atom is -0.434 e. The molecule has 0 atom stereocenters. The van der Waals surface area contributed by atoms with E-state index in [4.69, 9.17) is 4.74 Å². The fourth-order valence-corrected chi connectivity index (χ4v) is 5.86. The van der Waals surface area contributed by atoms with Crippen molar-refractivity contribution >= 4 is 43.3 Å². The molecule has 3 heterocycles. The Balaban J connectivity index is 1.51. The van der Waals surface area contributed by atoms with E-state index in [1.165, 1.54) is 34.7 Å². The second kappa shape index (κ2) is 9.95. The average molecular weight is 575 g/mol. The standard InChI is InChI=1S/C24H26F4N4O4S2/c1-23(2,24(26,27)28)36-22(33)32-9-7-14(8-10-32)31(3)21-20-19(29-13-30-21)17(12-37-20)16-6-5-15(11-18(16)25)38(4,34)35/h5-6,11-14H,7-10H2,1-4H3. The molecule has 0 unspecified atom stereocenters. The Kier molecular flexibility index (Phi) is 7.34. The quantitative estimate of drug-likeness (QED) is 0.383. The van der Waals surface area contributed by atoms with Gasteiger partial charge >= 0.3 is 12.3 Å². The largest absolute Gasteiger partial charge is 0.434 e. The molecule has 0 aliphatic carbocycles. The minimum absolute atomic E-state index is 0.0656. The van der Waals surface area contributed by atoms with Gasteiger partial charge in [-0.3, -0.25) is 0 Å². The summed E-state index contributed by atoms with van der Waals surface area (Å²) in [4.78, 5) is 24.1. The normalized spacial score (nSPS) is 15.6. The molecule has 1 amide bonds. The number of halogens is 4. The number of aromatic nitrogens is 2. The van der Waals surface area contributed by atoms with E-state index in [9.17, 15) is 30.8 Å². The third-order valence-corrected chi connectivity index (χ3v) is 8.70. The van der Waals surface area contributed by atoms with Gasteiger partial charge in [0.2, 0.25) is 5.60 Å². The molecule has 1 aliphatic heterocycles. The molecule has 1 aliphatic rings. The third kappa shape index (κ3) is 5.41. The summed E-state index contributed by atoms with van der Waals surface area (Å²) < 4.78 is 83.1. The van der Waals surface area contributed by atoms with E-state index in [0.717, 1.165) is 26.2 Å². The maximum Gasteiger partial charge on any atom is 0.427 e. The molecule has 0 radical (unpaired) electrons. The number of likely N-dealkylation sites (tertiary alicyclic amines) is 1. The van der Waals surface area contributed by atoms with Gasteiger partial charge in [0, 0.05) is 48.9 Å². The summed E-state index contributed by atoms with van der Waals surface area (Å²) in [5.74, 6) is -0.0901. The van der Waals surface area contributed by atoms with Crippen LogP contribution in [0.3, 0.4) is 0 Å². The number of hydrogen-bond donors (Lipinski definition) is 0. The van der Waals surface area contributed by atoms with Gasteiger partial charge < -0.3 is 14.5 Å². The third-order valence-electron chi connectivity index (χ3n) is 6.62. The number of hydrogen-bond acceptors (Lipinski definition) is 8. The number of nitrogens with zero attached hydrogens (tertiary/aromatic N) is 4. The maximum absolute atomic E-state index is 14.9. The zero-order chi connectivity index (χ0) is 28.0. The number of piperidine rings is 1. The van der Waals surface area contributed by atoms with Gasteiger partial charge in [0.15, 0.2) is 9.84 Å². The zero-order valence-electron chi connectivity index (χ0n) is 21.0. The molecule has 0 bridgehead atoms. The Hall–Kier alpha value is -3.00. The Morgan fingerprint density at radius 3 is 2.39 bits per heavy atom. The number of alkyl halides is 3. The first-order valence-corrected chi connectivity index (χ1v) is 14.4. The molecule has 1 fully saturated rings. The molecule has 14 heteroatoms. The van der Waals surface area contributed by atoms with Gasteiger partial charge in [-0.2, -0.15) is 13.2 Å². The summed E-state index contributed by atoms with van der Waals surface area (Å²) >= 11 is 1.32. The van der Waals surface area contributed by atoms with Crippen LogP contribution < -0.4 is 4.90 Å². The van der Waals surface area contributed by atoms with Crippen molar-refractivity contribution in [3.8, 4) is 11.1 Å². The number of anilines is 1. The Morgan fingerprint density at radius 2 is 1.82 bits per heavy atom. The molecule has 1 aromatic carbocycles. The van der Waals surface area contributed by atoms with Crippen LogP contribution in [0, 0.1) is 5.82 Å². The average Bonchev–Trinajstić information content (AvgIpc) is 3.26. The lowest BCUT2D eigenvalue weighted by atomic mass is 10.0. The summed E-state index contributed by atoms with van der Waals surface area (Å²) in [7, 11) is -1.73. The summed E-state index contributed by atoms with van der Waals surface area (Å²) in [6, 6.07) is 3.68. The first-order valence-electron chi connectivity index (χ1n) is 11.6. The molecule has 38 heavy (non-hydrogen) atoms. The molecule has 0 N–H and O–H groups in total. The summed E-state index contributed by atoms with van der Waals surface area (Å²) in [6.07, 6.45) is -2.37. The first kappa shape index (κ1) is 28.0. The van der Waals surface area contributed by atoms with E-state index in [2.05, 4.69) is 9.97 Å². The molecule has 206 valence electrons. The predicted octanol–water partition coefficient (Wildman–Crippen LogP) is 5.28. The van der Waals surface area contributed by atoms with Crippen molar-refractivity contribution in [1.82, 2.24) is 14.9 Å². The van der Waals surface area contributed by atoms with Crippen LogP contribution in [0.2, 0.25) is 0 Å². The second-order valence-electron chi connectivity index (χ2n) is 9.64. The van der Waals surface area contributed by atoms with Gasteiger partial charge in [0.25, 0.3) is 0 Å². The van der Waals surface area contributed by atoms with Gasteiger partial charge in [-0.1, -0.05) is 6.07 Å². The van der Waals surface area contributed by atoms with E-state index < -0.39 is 33.5 Å². The number of fused-ring (bicyclic) bond motifs is 1. The Labute approximate surface area is 221 Å². The number of sulfone groups is 1. The monoisotopic (exact) mass is 574 g/mol. The fourth-order valence-electron chi connectivity index (χ4n) is 4.18. The fraction of sp³-hybridized carbons (Fsp3) is 0.458. The van der Waals surface area contributed by atoms with Crippen LogP contribution in [0.25, 0.3) is 21.3 Å². The molecule has 4 rings (SSSR count). The van der Waals surface area contributed by atoms with Crippen molar-refractivity contribution in [1.29, 1.82) is 0 Å². The number of rotatable bonds is 5. The number of carbonyl (C=O) groups is 1. The molecule has 0 saturated carbocycles. The van der Waals surface area contributed by atoms with Gasteiger partial charge in [-0.25, -0.2) is 27.6 Å². The van der Waals surface area contributed by atoms with Crippen molar-refractivity contribution < 1.29 is 35.5 Å². The Bertz CT molecular complexity index is 1470. The van der Waals surface area contributed by atoms with E-state index >= 15 is 0 Å². The molecular formula is C24H26F4N4O4S2. The highest BCUT2D eigenvalue weighted by molar-refractivity contribution is 7.90. The SMILES string of the molecule is CN(c1ncnc2c(-c3ccc(S(C)(=O)=O)cc3F)csc12)C1CCN(C(=O)OC(C)(C)C(F)(F)F)CC1. The number of amides is 1. The number of thiophene rings is 1. The molecule has 3 aromatic rings. The van der Waals surface area contributed by atoms with Crippen LogP contribution in [-0.2, 0) is 14.6 Å². The van der Waals surface area contributed by atoms with Crippen LogP contribution in [0.4, 0.5) is 28.2 Å². The van der Waals surface area contributed by atoms with E-state index in [-0.39, 0.29) is 29.6 Å². The van der Waals surface area contributed by atoms with E-state index in [1.54, 1.807) is 5.38 Å². The van der Waals surface area contributed by atoms with E-state index in [1.807, 2.05) is 11.9 Å². The highest BCUT2D eigenvalue weighted by Gasteiger charge is 2.51. The summed E-state index contributed by atoms with van der Waals surface area (Å²) in [6.45, 7) is 2.05. The highest BCUT2D eigenvalue weighted by Crippen LogP contribution is 2.39. The van der Waals surface area contributed by atoms with Gasteiger partial charge in [-0.05, 0) is 38.8 Å². The van der Waals surface area contributed by atoms with Crippen LogP contribution >= 0.6 is 11.3 Å². The van der Waals surface area contributed by atoms with Crippen LogP contribution in [-0.4, -0.2) is 73.6 Å². The van der Waals surface area contributed by atoms with E-state index in [0.29, 0.717) is 34.4 Å². The maximum atomic E-state index is 14.9. The summed E-state index contributed by atoms with van der Waals surface area (Å²) in [5, 5.41) is 1.73. The molecule has 2 aromatic heterocycles.